The van der Waals surface area contributed by atoms with Gasteiger partial charge in [-0.05, 0) is 34.5 Å². The van der Waals surface area contributed by atoms with Gasteiger partial charge in [0.05, 0.1) is 35.4 Å². The van der Waals surface area contributed by atoms with Crippen molar-refractivity contribution in [3.8, 4) is 5.75 Å². The standard InChI is InChI=1S/C18H24BrClN6O5/c19-12-3-9(20)2-11(16(12)30)13(4-15(28)29)26-14(27)7-24-17(31)8-1-10(6-23-5-8)25-18(21)22/h2-3,8,10,13,23,30H,1,4-7H2,(H,24,31)(H,26,27)(H,28,29)(H4,21,22,25). The van der Waals surface area contributed by atoms with Crippen LogP contribution in [0.25, 0.3) is 0 Å². The van der Waals surface area contributed by atoms with Crippen molar-refractivity contribution in [1.82, 2.24) is 16.0 Å². The Morgan fingerprint density at radius 2 is 2.03 bits per heavy atom. The number of halogens is 2. The fourth-order valence-corrected chi connectivity index (χ4v) is 4.08. The Balaban J connectivity index is 1.99. The number of aliphatic carboxylic acids is 1. The van der Waals surface area contributed by atoms with Gasteiger partial charge in [-0.2, -0.15) is 0 Å². The number of phenolic OH excluding ortho intramolecular Hbond substituents is 1. The number of phenols is 1. The van der Waals surface area contributed by atoms with Crippen molar-refractivity contribution in [3.05, 3.63) is 27.2 Å². The lowest BCUT2D eigenvalue weighted by Crippen LogP contribution is -2.48. The zero-order chi connectivity index (χ0) is 23.1. The Morgan fingerprint density at radius 1 is 1.32 bits per heavy atom. The molecule has 0 aromatic heterocycles. The predicted molar refractivity (Wildman–Crippen MR) is 118 cm³/mol. The first-order valence-electron chi connectivity index (χ1n) is 9.33. The Bertz CT molecular complexity index is 879. The molecule has 3 atom stereocenters. The lowest BCUT2D eigenvalue weighted by atomic mass is 9.95. The number of hydrogen-bond donors (Lipinski definition) is 7. The number of aliphatic imine (C=N–C) groups is 1. The number of carboxylic acids is 1. The quantitative estimate of drug-likeness (QED) is 0.181. The number of carbonyl (C=O) groups excluding carboxylic acids is 2. The van der Waals surface area contributed by atoms with Gasteiger partial charge in [-0.15, -0.1) is 0 Å². The van der Waals surface area contributed by atoms with Crippen LogP contribution in [0.5, 0.6) is 5.75 Å². The van der Waals surface area contributed by atoms with Crippen LogP contribution in [-0.2, 0) is 14.4 Å². The summed E-state index contributed by atoms with van der Waals surface area (Å²) in [6.07, 6.45) is -0.0722. The molecule has 9 N–H and O–H groups in total. The third kappa shape index (κ3) is 7.56. The van der Waals surface area contributed by atoms with Crippen LogP contribution in [0.4, 0.5) is 0 Å². The fourth-order valence-electron chi connectivity index (χ4n) is 3.25. The second-order valence-corrected chi connectivity index (χ2v) is 8.35. The number of rotatable bonds is 8. The number of guanidine groups is 1. The predicted octanol–water partition coefficient (Wildman–Crippen LogP) is -0.192. The fraction of sp³-hybridized carbons (Fsp3) is 0.444. The molecule has 11 nitrogen and oxygen atoms in total. The van der Waals surface area contributed by atoms with E-state index in [1.54, 1.807) is 0 Å². The summed E-state index contributed by atoms with van der Waals surface area (Å²) in [6.45, 7) is 0.578. The number of nitrogens with zero attached hydrogens (tertiary/aromatic N) is 1. The van der Waals surface area contributed by atoms with Crippen molar-refractivity contribution < 1.29 is 24.6 Å². The third-order valence-corrected chi connectivity index (χ3v) is 5.42. The molecule has 1 fully saturated rings. The molecule has 2 amide bonds. The SMILES string of the molecule is NC(N)=NC1CNCC(C(=O)NCC(=O)NC(CC(=O)O)c2cc(Cl)cc(Br)c2O)C1. The van der Waals surface area contributed by atoms with E-state index in [4.69, 9.17) is 23.1 Å². The normalized spacial score (nSPS) is 19.2. The van der Waals surface area contributed by atoms with Crippen LogP contribution in [0.15, 0.2) is 21.6 Å². The van der Waals surface area contributed by atoms with E-state index < -0.39 is 30.3 Å². The summed E-state index contributed by atoms with van der Waals surface area (Å²) in [5.74, 6) is -2.91. The molecular weight excluding hydrogens is 496 g/mol. The maximum atomic E-state index is 12.4. The molecule has 1 aliphatic rings. The number of piperidine rings is 1. The molecule has 0 saturated carbocycles. The molecule has 1 aromatic carbocycles. The van der Waals surface area contributed by atoms with E-state index in [2.05, 4.69) is 36.9 Å². The van der Waals surface area contributed by atoms with Crippen LogP contribution in [-0.4, -0.2) is 59.6 Å². The maximum absolute atomic E-state index is 12.4. The van der Waals surface area contributed by atoms with E-state index in [1.807, 2.05) is 0 Å². The molecule has 2 rings (SSSR count). The third-order valence-electron chi connectivity index (χ3n) is 4.60. The molecule has 0 aliphatic carbocycles. The minimum absolute atomic E-state index is 0.0624. The Kier molecular flexibility index (Phi) is 8.89. The molecular formula is C18H24BrClN6O5. The highest BCUT2D eigenvalue weighted by Gasteiger charge is 2.28. The lowest BCUT2D eigenvalue weighted by molar-refractivity contribution is -0.138. The number of benzene rings is 1. The molecule has 3 unspecified atom stereocenters. The number of aromatic hydroxyl groups is 1. The molecule has 1 aliphatic heterocycles. The Labute approximate surface area is 191 Å². The zero-order valence-electron chi connectivity index (χ0n) is 16.4. The van der Waals surface area contributed by atoms with Crippen LogP contribution < -0.4 is 27.4 Å². The van der Waals surface area contributed by atoms with Gasteiger partial charge in [0.25, 0.3) is 0 Å². The van der Waals surface area contributed by atoms with Crippen molar-refractivity contribution in [2.24, 2.45) is 22.4 Å². The topological polar surface area (TPSA) is 192 Å². The first kappa shape index (κ1) is 24.7. The van der Waals surface area contributed by atoms with Gasteiger partial charge in [-0.1, -0.05) is 11.6 Å². The number of amides is 2. The Morgan fingerprint density at radius 3 is 2.68 bits per heavy atom. The van der Waals surface area contributed by atoms with E-state index in [0.29, 0.717) is 19.5 Å². The summed E-state index contributed by atoms with van der Waals surface area (Å²) < 4.78 is 0.257. The first-order valence-corrected chi connectivity index (χ1v) is 10.5. The molecule has 0 bridgehead atoms. The van der Waals surface area contributed by atoms with Crippen LogP contribution in [0.2, 0.25) is 5.02 Å². The van der Waals surface area contributed by atoms with Crippen LogP contribution in [0.1, 0.15) is 24.4 Å². The summed E-state index contributed by atoms with van der Waals surface area (Å²) in [5, 5.41) is 27.8. The van der Waals surface area contributed by atoms with Crippen molar-refractivity contribution in [2.75, 3.05) is 19.6 Å². The smallest absolute Gasteiger partial charge is 0.305 e. The van der Waals surface area contributed by atoms with Gasteiger partial charge in [0.1, 0.15) is 5.75 Å². The van der Waals surface area contributed by atoms with Crippen molar-refractivity contribution >= 4 is 51.3 Å². The molecule has 1 saturated heterocycles. The second-order valence-electron chi connectivity index (χ2n) is 7.06. The van der Waals surface area contributed by atoms with E-state index in [9.17, 15) is 24.6 Å². The highest BCUT2D eigenvalue weighted by molar-refractivity contribution is 9.10. The summed E-state index contributed by atoms with van der Waals surface area (Å²) in [5.41, 5.74) is 10.9. The average molecular weight is 520 g/mol. The highest BCUT2D eigenvalue weighted by Crippen LogP contribution is 2.36. The number of nitrogens with one attached hydrogen (secondary N) is 3. The molecule has 0 radical (unpaired) electrons. The largest absolute Gasteiger partial charge is 0.506 e. The van der Waals surface area contributed by atoms with Crippen LogP contribution in [0, 0.1) is 5.92 Å². The summed E-state index contributed by atoms with van der Waals surface area (Å²) in [6, 6.07) is 1.51. The molecule has 0 spiro atoms. The van der Waals surface area contributed by atoms with Gasteiger partial charge in [0, 0.05) is 23.7 Å². The summed E-state index contributed by atoms with van der Waals surface area (Å²) in [7, 11) is 0. The number of carboxylic acid groups (broad SMARTS) is 1. The van der Waals surface area contributed by atoms with E-state index in [0.717, 1.165) is 0 Å². The monoisotopic (exact) mass is 518 g/mol. The molecule has 1 heterocycles. The minimum atomic E-state index is -1.19. The van der Waals surface area contributed by atoms with Gasteiger partial charge >= 0.3 is 5.97 Å². The van der Waals surface area contributed by atoms with Gasteiger partial charge in [-0.3, -0.25) is 14.4 Å². The summed E-state index contributed by atoms with van der Waals surface area (Å²) >= 11 is 9.11. The number of nitrogens with two attached hydrogens (primary N) is 2. The van der Waals surface area contributed by atoms with E-state index in [1.165, 1.54) is 12.1 Å². The van der Waals surface area contributed by atoms with Gasteiger partial charge in [0.2, 0.25) is 11.8 Å². The zero-order valence-corrected chi connectivity index (χ0v) is 18.7. The second kappa shape index (κ2) is 11.2. The average Bonchev–Trinajstić information content (AvgIpc) is 2.67. The van der Waals surface area contributed by atoms with E-state index in [-0.39, 0.29) is 45.3 Å². The van der Waals surface area contributed by atoms with Gasteiger partial charge in [-0.25, -0.2) is 4.99 Å². The van der Waals surface area contributed by atoms with E-state index >= 15 is 0 Å². The number of carbonyl (C=O) groups is 3. The Hall–Kier alpha value is -2.57. The van der Waals surface area contributed by atoms with Crippen molar-refractivity contribution in [1.29, 1.82) is 0 Å². The molecule has 1 aromatic rings. The molecule has 31 heavy (non-hydrogen) atoms. The summed E-state index contributed by atoms with van der Waals surface area (Å²) in [4.78, 5) is 40.1. The molecule has 13 heteroatoms. The first-order chi connectivity index (χ1) is 14.6. The van der Waals surface area contributed by atoms with Crippen molar-refractivity contribution in [3.63, 3.8) is 0 Å². The highest BCUT2D eigenvalue weighted by atomic mass is 79.9. The lowest BCUT2D eigenvalue weighted by Gasteiger charge is -2.27. The number of hydrogen-bond acceptors (Lipinski definition) is 6. The molecule has 170 valence electrons. The van der Waals surface area contributed by atoms with Gasteiger partial charge < -0.3 is 37.6 Å². The van der Waals surface area contributed by atoms with Crippen molar-refractivity contribution in [2.45, 2.75) is 24.9 Å². The maximum Gasteiger partial charge on any atom is 0.305 e. The minimum Gasteiger partial charge on any atom is -0.506 e. The van der Waals surface area contributed by atoms with Crippen LogP contribution >= 0.6 is 27.5 Å². The van der Waals surface area contributed by atoms with Gasteiger partial charge in [0.15, 0.2) is 5.96 Å². The van der Waals surface area contributed by atoms with Crippen LogP contribution in [0.3, 0.4) is 0 Å².